The van der Waals surface area contributed by atoms with Crippen molar-refractivity contribution in [1.29, 1.82) is 0 Å². The fourth-order valence-electron chi connectivity index (χ4n) is 1.93. The first-order valence-corrected chi connectivity index (χ1v) is 6.90. The Kier molecular flexibility index (Phi) is 3.21. The van der Waals surface area contributed by atoms with Crippen molar-refractivity contribution in [1.82, 2.24) is 9.78 Å². The van der Waals surface area contributed by atoms with Crippen LogP contribution < -0.4 is 5.73 Å². The summed E-state index contributed by atoms with van der Waals surface area (Å²) in [7, 11) is 0. The van der Waals surface area contributed by atoms with E-state index in [2.05, 4.69) is 5.10 Å². The Bertz CT molecular complexity index is 743. The summed E-state index contributed by atoms with van der Waals surface area (Å²) in [5, 5.41) is 5.50. The highest BCUT2D eigenvalue weighted by Gasteiger charge is 2.35. The molecule has 0 spiro atoms. The minimum atomic E-state index is -4.48. The SMILES string of the molecule is Nc1ccc(-n2nc(C(F)(F)F)cc2-c2cccs2)cc1. The Hall–Kier alpha value is -2.28. The van der Waals surface area contributed by atoms with E-state index >= 15 is 0 Å². The molecule has 0 saturated carbocycles. The van der Waals surface area contributed by atoms with Crippen LogP contribution in [0.2, 0.25) is 0 Å². The van der Waals surface area contributed by atoms with Crippen molar-refractivity contribution in [3.05, 3.63) is 53.5 Å². The van der Waals surface area contributed by atoms with E-state index in [4.69, 9.17) is 5.73 Å². The van der Waals surface area contributed by atoms with Gasteiger partial charge in [-0.05, 0) is 41.8 Å². The lowest BCUT2D eigenvalue weighted by Gasteiger charge is -2.06. The summed E-state index contributed by atoms with van der Waals surface area (Å²) in [6, 6.07) is 11.1. The maximum absolute atomic E-state index is 12.9. The van der Waals surface area contributed by atoms with Crippen LogP contribution in [0.4, 0.5) is 18.9 Å². The number of thiophene rings is 1. The number of anilines is 1. The van der Waals surface area contributed by atoms with Gasteiger partial charge >= 0.3 is 6.18 Å². The molecule has 0 fully saturated rings. The van der Waals surface area contributed by atoms with E-state index in [0.29, 0.717) is 17.1 Å². The molecule has 0 atom stereocenters. The zero-order valence-electron chi connectivity index (χ0n) is 10.6. The number of hydrogen-bond acceptors (Lipinski definition) is 3. The van der Waals surface area contributed by atoms with Crippen LogP contribution in [-0.2, 0) is 6.18 Å². The van der Waals surface area contributed by atoms with Crippen molar-refractivity contribution in [2.45, 2.75) is 6.18 Å². The van der Waals surface area contributed by atoms with Gasteiger partial charge in [-0.1, -0.05) is 6.07 Å². The molecule has 0 bridgehead atoms. The van der Waals surface area contributed by atoms with Gasteiger partial charge in [0.15, 0.2) is 5.69 Å². The van der Waals surface area contributed by atoms with Crippen molar-refractivity contribution in [2.75, 3.05) is 5.73 Å². The average molecular weight is 309 g/mol. The number of aromatic nitrogens is 2. The highest BCUT2D eigenvalue weighted by Crippen LogP contribution is 2.34. The van der Waals surface area contributed by atoms with Gasteiger partial charge in [0.1, 0.15) is 0 Å². The minimum absolute atomic E-state index is 0.405. The third kappa shape index (κ3) is 2.64. The molecule has 0 radical (unpaired) electrons. The second-order valence-corrected chi connectivity index (χ2v) is 5.34. The van der Waals surface area contributed by atoms with E-state index in [9.17, 15) is 13.2 Å². The Labute approximate surface area is 122 Å². The summed E-state index contributed by atoms with van der Waals surface area (Å²) < 4.78 is 40.0. The smallest absolute Gasteiger partial charge is 0.399 e. The van der Waals surface area contributed by atoms with Crippen LogP contribution in [0.25, 0.3) is 16.3 Å². The number of halogens is 3. The fourth-order valence-corrected chi connectivity index (χ4v) is 2.66. The second-order valence-electron chi connectivity index (χ2n) is 4.39. The number of hydrogen-bond donors (Lipinski definition) is 1. The first-order chi connectivity index (χ1) is 9.95. The van der Waals surface area contributed by atoms with Gasteiger partial charge in [-0.25, -0.2) is 4.68 Å². The highest BCUT2D eigenvalue weighted by atomic mass is 32.1. The van der Waals surface area contributed by atoms with Gasteiger partial charge in [0.25, 0.3) is 0 Å². The first-order valence-electron chi connectivity index (χ1n) is 6.02. The maximum atomic E-state index is 12.9. The van der Waals surface area contributed by atoms with Gasteiger partial charge in [0, 0.05) is 5.69 Å². The molecule has 0 amide bonds. The Morgan fingerprint density at radius 2 is 1.81 bits per heavy atom. The molecular formula is C14H10F3N3S. The fraction of sp³-hybridized carbons (Fsp3) is 0.0714. The molecule has 0 aliphatic rings. The zero-order chi connectivity index (χ0) is 15.0. The Morgan fingerprint density at radius 3 is 2.38 bits per heavy atom. The molecule has 0 saturated heterocycles. The number of nitrogens with two attached hydrogens (primary N) is 1. The summed E-state index contributed by atoms with van der Waals surface area (Å²) in [6.07, 6.45) is -4.48. The third-order valence-electron chi connectivity index (χ3n) is 2.91. The monoisotopic (exact) mass is 309 g/mol. The molecule has 108 valence electrons. The molecular weight excluding hydrogens is 299 g/mol. The molecule has 0 aliphatic heterocycles. The quantitative estimate of drug-likeness (QED) is 0.721. The lowest BCUT2D eigenvalue weighted by molar-refractivity contribution is -0.141. The second kappa shape index (κ2) is 4.92. The van der Waals surface area contributed by atoms with E-state index in [1.807, 2.05) is 5.38 Å². The van der Waals surface area contributed by atoms with Crippen LogP contribution in [0, 0.1) is 0 Å². The molecule has 3 aromatic rings. The molecule has 0 aliphatic carbocycles. The number of nitrogen functional groups attached to an aromatic ring is 1. The summed E-state index contributed by atoms with van der Waals surface area (Å²) in [4.78, 5) is 0.717. The molecule has 3 nitrogen and oxygen atoms in total. The largest absolute Gasteiger partial charge is 0.435 e. The summed E-state index contributed by atoms with van der Waals surface area (Å²) in [5.41, 5.74) is 6.17. The van der Waals surface area contributed by atoms with Crippen LogP contribution >= 0.6 is 11.3 Å². The van der Waals surface area contributed by atoms with E-state index in [1.54, 1.807) is 36.4 Å². The highest BCUT2D eigenvalue weighted by molar-refractivity contribution is 7.13. The molecule has 2 aromatic heterocycles. The number of rotatable bonds is 2. The maximum Gasteiger partial charge on any atom is 0.435 e. The molecule has 0 unspecified atom stereocenters. The first kappa shape index (κ1) is 13.7. The average Bonchev–Trinajstić information content (AvgIpc) is 3.07. The van der Waals surface area contributed by atoms with Crippen LogP contribution in [0.5, 0.6) is 0 Å². The lowest BCUT2D eigenvalue weighted by Crippen LogP contribution is -2.07. The number of alkyl halides is 3. The van der Waals surface area contributed by atoms with Crippen molar-refractivity contribution in [2.24, 2.45) is 0 Å². The molecule has 21 heavy (non-hydrogen) atoms. The molecule has 3 rings (SSSR count). The van der Waals surface area contributed by atoms with E-state index in [0.717, 1.165) is 10.9 Å². The van der Waals surface area contributed by atoms with Gasteiger partial charge < -0.3 is 5.73 Å². The Morgan fingerprint density at radius 1 is 1.10 bits per heavy atom. The summed E-state index contributed by atoms with van der Waals surface area (Å²) in [6.45, 7) is 0. The van der Waals surface area contributed by atoms with Gasteiger partial charge in [-0.3, -0.25) is 0 Å². The van der Waals surface area contributed by atoms with E-state index in [-0.39, 0.29) is 0 Å². The zero-order valence-corrected chi connectivity index (χ0v) is 11.4. The van der Waals surface area contributed by atoms with Gasteiger partial charge in [0.2, 0.25) is 0 Å². The predicted octanol–water partition coefficient (Wildman–Crippen LogP) is 4.20. The summed E-state index contributed by atoms with van der Waals surface area (Å²) >= 11 is 1.36. The third-order valence-corrected chi connectivity index (χ3v) is 3.80. The normalized spacial score (nSPS) is 11.8. The van der Waals surface area contributed by atoms with E-state index in [1.165, 1.54) is 16.0 Å². The van der Waals surface area contributed by atoms with Crippen molar-refractivity contribution in [3.63, 3.8) is 0 Å². The lowest BCUT2D eigenvalue weighted by atomic mass is 10.2. The van der Waals surface area contributed by atoms with Gasteiger partial charge in [0.05, 0.1) is 16.3 Å². The minimum Gasteiger partial charge on any atom is -0.399 e. The van der Waals surface area contributed by atoms with Crippen molar-refractivity contribution >= 4 is 17.0 Å². The predicted molar refractivity (Wildman–Crippen MR) is 76.3 cm³/mol. The van der Waals surface area contributed by atoms with Crippen LogP contribution in [-0.4, -0.2) is 9.78 Å². The van der Waals surface area contributed by atoms with E-state index < -0.39 is 11.9 Å². The van der Waals surface area contributed by atoms with Crippen LogP contribution in [0.1, 0.15) is 5.69 Å². The van der Waals surface area contributed by atoms with Crippen LogP contribution in [0.3, 0.4) is 0 Å². The standard InChI is InChI=1S/C14H10F3N3S/c15-14(16,17)13-8-11(12-2-1-7-21-12)20(19-13)10-5-3-9(18)4-6-10/h1-8H,18H2. The molecule has 7 heteroatoms. The number of benzene rings is 1. The van der Waals surface area contributed by atoms with Crippen molar-refractivity contribution in [3.8, 4) is 16.3 Å². The topological polar surface area (TPSA) is 43.8 Å². The molecule has 2 N–H and O–H groups in total. The van der Waals surface area contributed by atoms with Gasteiger partial charge in [-0.2, -0.15) is 18.3 Å². The molecule has 1 aromatic carbocycles. The Balaban J connectivity index is 2.18. The van der Waals surface area contributed by atoms with Crippen LogP contribution in [0.15, 0.2) is 47.8 Å². The van der Waals surface area contributed by atoms with Gasteiger partial charge in [-0.15, -0.1) is 11.3 Å². The van der Waals surface area contributed by atoms with Crippen molar-refractivity contribution < 1.29 is 13.2 Å². The number of nitrogens with zero attached hydrogens (tertiary/aromatic N) is 2. The molecule has 2 heterocycles. The summed E-state index contributed by atoms with van der Waals surface area (Å²) in [5.74, 6) is 0.